The Labute approximate surface area is 114 Å². The number of sulfonamides is 1. The van der Waals surface area contributed by atoms with E-state index in [0.29, 0.717) is 0 Å². The Morgan fingerprint density at radius 1 is 1.37 bits per heavy atom. The molecule has 0 heterocycles. The fourth-order valence-electron chi connectivity index (χ4n) is 1.45. The van der Waals surface area contributed by atoms with Gasteiger partial charge in [0.1, 0.15) is 6.54 Å². The fraction of sp³-hybridized carbons (Fsp3) is 0.400. The summed E-state index contributed by atoms with van der Waals surface area (Å²) in [6.07, 6.45) is -4.63. The number of nitrogens with two attached hydrogens (primary N) is 1. The summed E-state index contributed by atoms with van der Waals surface area (Å²) in [7, 11) is -3.45. The monoisotopic (exact) mass is 316 g/mol. The van der Waals surface area contributed by atoms with E-state index in [-0.39, 0.29) is 25.5 Å². The minimum Gasteiger partial charge on any atom is -0.398 e. The summed E-state index contributed by atoms with van der Waals surface area (Å²) in [5, 5.41) is 0.0436. The highest BCUT2D eigenvalue weighted by Gasteiger charge is 2.35. The molecule has 0 aliphatic rings. The van der Waals surface area contributed by atoms with Gasteiger partial charge in [-0.3, -0.25) is 0 Å². The number of nitrogen functional groups attached to an aromatic ring is 1. The summed E-state index contributed by atoms with van der Waals surface area (Å²) in [6.45, 7) is -0.179. The summed E-state index contributed by atoms with van der Waals surface area (Å²) in [6, 6.07) is 2.41. The third-order valence-electron chi connectivity index (χ3n) is 2.46. The summed E-state index contributed by atoms with van der Waals surface area (Å²) in [4.78, 5) is -0.329. The fourth-order valence-corrected chi connectivity index (χ4v) is 3.17. The molecule has 0 saturated carbocycles. The molecular formula is C10H12ClF3N2O2S. The van der Waals surface area contributed by atoms with Crippen molar-refractivity contribution in [1.29, 1.82) is 0 Å². The number of hydrogen-bond acceptors (Lipinski definition) is 3. The van der Waals surface area contributed by atoms with E-state index in [4.69, 9.17) is 17.3 Å². The highest BCUT2D eigenvalue weighted by Crippen LogP contribution is 2.29. The van der Waals surface area contributed by atoms with Gasteiger partial charge in [0.15, 0.2) is 0 Å². The number of nitrogens with zero attached hydrogens (tertiary/aromatic N) is 1. The lowest BCUT2D eigenvalue weighted by Gasteiger charge is -2.20. The molecule has 2 N–H and O–H groups in total. The maximum Gasteiger partial charge on any atom is 0.402 e. The molecule has 0 amide bonds. The zero-order valence-corrected chi connectivity index (χ0v) is 11.7. The van der Waals surface area contributed by atoms with E-state index in [9.17, 15) is 21.6 Å². The van der Waals surface area contributed by atoms with Crippen molar-refractivity contribution < 1.29 is 21.6 Å². The van der Waals surface area contributed by atoms with Crippen LogP contribution in [-0.2, 0) is 10.0 Å². The van der Waals surface area contributed by atoms with Crippen LogP contribution in [-0.4, -0.2) is 32.5 Å². The van der Waals surface area contributed by atoms with Crippen LogP contribution >= 0.6 is 11.6 Å². The highest BCUT2D eigenvalue weighted by atomic mass is 35.5. The van der Waals surface area contributed by atoms with Crippen molar-refractivity contribution in [3.05, 3.63) is 22.7 Å². The lowest BCUT2D eigenvalue weighted by Crippen LogP contribution is -2.36. The lowest BCUT2D eigenvalue weighted by molar-refractivity contribution is -0.134. The molecule has 0 aliphatic heterocycles. The van der Waals surface area contributed by atoms with Crippen molar-refractivity contribution >= 4 is 27.3 Å². The van der Waals surface area contributed by atoms with Crippen LogP contribution in [0.1, 0.15) is 5.56 Å². The summed E-state index contributed by atoms with van der Waals surface area (Å²) < 4.78 is 61.1. The lowest BCUT2D eigenvalue weighted by atomic mass is 10.2. The zero-order valence-electron chi connectivity index (χ0n) is 10.1. The molecule has 4 nitrogen and oxygen atoms in total. The average Bonchev–Trinajstić information content (AvgIpc) is 2.20. The van der Waals surface area contributed by atoms with Gasteiger partial charge in [-0.05, 0) is 24.6 Å². The number of anilines is 1. The largest absolute Gasteiger partial charge is 0.402 e. The minimum atomic E-state index is -4.63. The number of halogens is 4. The molecule has 0 radical (unpaired) electrons. The Balaban J connectivity index is 3.28. The second-order valence-electron chi connectivity index (χ2n) is 3.99. The minimum absolute atomic E-state index is 0.0436. The van der Waals surface area contributed by atoms with Gasteiger partial charge in [-0.2, -0.15) is 17.5 Å². The van der Waals surface area contributed by atoms with E-state index in [1.54, 1.807) is 0 Å². The first-order valence-electron chi connectivity index (χ1n) is 5.04. The van der Waals surface area contributed by atoms with Gasteiger partial charge in [-0.1, -0.05) is 11.6 Å². The van der Waals surface area contributed by atoms with Crippen LogP contribution in [0, 0.1) is 6.92 Å². The van der Waals surface area contributed by atoms with E-state index >= 15 is 0 Å². The van der Waals surface area contributed by atoms with E-state index in [1.807, 2.05) is 0 Å². The standard InChI is InChI=1S/C10H12ClF3N2O2S/c1-6-8(15)3-7(11)4-9(6)19(17,18)16(2)5-10(12,13)14/h3-4H,5,15H2,1-2H3. The third kappa shape index (κ3) is 3.74. The molecule has 1 aromatic carbocycles. The maximum absolute atomic E-state index is 12.3. The van der Waals surface area contributed by atoms with E-state index in [0.717, 1.165) is 13.1 Å². The van der Waals surface area contributed by atoms with Crippen molar-refractivity contribution in [3.63, 3.8) is 0 Å². The molecule has 108 valence electrons. The molecule has 9 heteroatoms. The summed E-state index contributed by atoms with van der Waals surface area (Å²) in [5.74, 6) is 0. The molecule has 0 spiro atoms. The molecule has 0 atom stereocenters. The van der Waals surface area contributed by atoms with Crippen LogP contribution in [0.5, 0.6) is 0 Å². The van der Waals surface area contributed by atoms with Crippen LogP contribution in [0.2, 0.25) is 5.02 Å². The van der Waals surface area contributed by atoms with Crippen molar-refractivity contribution in [1.82, 2.24) is 4.31 Å². The second kappa shape index (κ2) is 5.18. The SMILES string of the molecule is Cc1c(N)cc(Cl)cc1S(=O)(=O)N(C)CC(F)(F)F. The quantitative estimate of drug-likeness (QED) is 0.871. The number of alkyl halides is 3. The number of rotatable bonds is 3. The van der Waals surface area contributed by atoms with Crippen LogP contribution in [0.4, 0.5) is 18.9 Å². The normalized spacial score (nSPS) is 13.0. The number of hydrogen-bond donors (Lipinski definition) is 1. The van der Waals surface area contributed by atoms with Gasteiger partial charge in [0.05, 0.1) is 4.90 Å². The topological polar surface area (TPSA) is 63.4 Å². The van der Waals surface area contributed by atoms with Crippen LogP contribution < -0.4 is 5.73 Å². The predicted octanol–water partition coefficient (Wildman–Crippen LogP) is 2.41. The van der Waals surface area contributed by atoms with E-state index < -0.39 is 22.7 Å². The molecule has 1 rings (SSSR count). The Morgan fingerprint density at radius 2 is 1.89 bits per heavy atom. The molecule has 0 aliphatic carbocycles. The average molecular weight is 317 g/mol. The van der Waals surface area contributed by atoms with Gasteiger partial charge in [0.25, 0.3) is 0 Å². The van der Waals surface area contributed by atoms with Crippen LogP contribution in [0.15, 0.2) is 17.0 Å². The van der Waals surface area contributed by atoms with Crippen LogP contribution in [0.25, 0.3) is 0 Å². The van der Waals surface area contributed by atoms with Gasteiger partial charge in [0.2, 0.25) is 10.0 Å². The third-order valence-corrected chi connectivity index (χ3v) is 4.60. The Hall–Kier alpha value is -0.990. The van der Waals surface area contributed by atoms with E-state index in [1.165, 1.54) is 13.0 Å². The smallest absolute Gasteiger partial charge is 0.398 e. The first-order chi connectivity index (χ1) is 8.45. The predicted molar refractivity (Wildman–Crippen MR) is 66.5 cm³/mol. The van der Waals surface area contributed by atoms with E-state index in [2.05, 4.69) is 0 Å². The zero-order chi connectivity index (χ0) is 15.0. The summed E-state index contributed by atoms with van der Waals surface area (Å²) >= 11 is 5.68. The highest BCUT2D eigenvalue weighted by molar-refractivity contribution is 7.89. The van der Waals surface area contributed by atoms with Crippen LogP contribution in [0.3, 0.4) is 0 Å². The Kier molecular flexibility index (Phi) is 4.38. The first-order valence-corrected chi connectivity index (χ1v) is 6.85. The molecule has 0 saturated heterocycles. The van der Waals surface area contributed by atoms with Gasteiger partial charge in [-0.15, -0.1) is 0 Å². The molecule has 0 aromatic heterocycles. The Bertz CT molecular complexity index is 587. The van der Waals surface area contributed by atoms with Crippen molar-refractivity contribution in [2.24, 2.45) is 0 Å². The Morgan fingerprint density at radius 3 is 2.37 bits per heavy atom. The molecule has 0 bridgehead atoms. The maximum atomic E-state index is 12.3. The summed E-state index contributed by atoms with van der Waals surface area (Å²) in [5.41, 5.74) is 5.82. The first kappa shape index (κ1) is 16.1. The second-order valence-corrected chi connectivity index (χ2v) is 6.44. The molecule has 0 unspecified atom stereocenters. The number of benzene rings is 1. The van der Waals surface area contributed by atoms with Crippen molar-refractivity contribution in [3.8, 4) is 0 Å². The van der Waals surface area contributed by atoms with Crippen molar-refractivity contribution in [2.45, 2.75) is 18.0 Å². The van der Waals surface area contributed by atoms with Gasteiger partial charge in [-0.25, -0.2) is 8.42 Å². The van der Waals surface area contributed by atoms with Gasteiger partial charge < -0.3 is 5.73 Å². The van der Waals surface area contributed by atoms with Gasteiger partial charge >= 0.3 is 6.18 Å². The van der Waals surface area contributed by atoms with Gasteiger partial charge in [0, 0.05) is 17.8 Å². The molecular weight excluding hydrogens is 305 g/mol. The molecule has 19 heavy (non-hydrogen) atoms. The molecule has 0 fully saturated rings. The van der Waals surface area contributed by atoms with Crippen molar-refractivity contribution in [2.75, 3.05) is 19.3 Å². The molecule has 1 aromatic rings.